The lowest BCUT2D eigenvalue weighted by atomic mass is 10.2. The summed E-state index contributed by atoms with van der Waals surface area (Å²) in [4.78, 5) is 24.3. The van der Waals surface area contributed by atoms with Crippen molar-refractivity contribution in [3.05, 3.63) is 0 Å². The standard InChI is InChI=1S/C10H21N3O3/c1-10(2,3)16-9(15)12-7(6-11)8(14)13(4)5/h7H,6,11H2,1-5H3,(H,12,15)/t7-/m0/s1. The van der Waals surface area contributed by atoms with Crippen molar-refractivity contribution in [1.82, 2.24) is 10.2 Å². The number of alkyl carbamates (subject to hydrolysis) is 1. The van der Waals surface area contributed by atoms with Crippen molar-refractivity contribution >= 4 is 12.0 Å². The minimum absolute atomic E-state index is 0.0380. The molecule has 0 bridgehead atoms. The fraction of sp³-hybridized carbons (Fsp3) is 0.800. The van der Waals surface area contributed by atoms with Gasteiger partial charge in [-0.25, -0.2) is 4.79 Å². The molecular formula is C10H21N3O3. The Kier molecular flexibility index (Phi) is 5.23. The van der Waals surface area contributed by atoms with Crippen molar-refractivity contribution in [2.45, 2.75) is 32.4 Å². The molecule has 0 heterocycles. The third-order valence-electron chi connectivity index (χ3n) is 1.67. The Morgan fingerprint density at radius 1 is 1.38 bits per heavy atom. The third kappa shape index (κ3) is 5.55. The second-order valence-electron chi connectivity index (χ2n) is 4.67. The van der Waals surface area contributed by atoms with E-state index in [1.165, 1.54) is 4.90 Å². The first-order valence-electron chi connectivity index (χ1n) is 5.08. The smallest absolute Gasteiger partial charge is 0.408 e. The van der Waals surface area contributed by atoms with Gasteiger partial charge in [-0.15, -0.1) is 0 Å². The predicted octanol–water partition coefficient (Wildman–Crippen LogP) is -0.0734. The zero-order chi connectivity index (χ0) is 12.9. The highest BCUT2D eigenvalue weighted by molar-refractivity contribution is 5.85. The molecular weight excluding hydrogens is 210 g/mol. The number of hydrogen-bond acceptors (Lipinski definition) is 4. The molecule has 0 aromatic carbocycles. The molecule has 2 amide bonds. The van der Waals surface area contributed by atoms with Gasteiger partial charge in [0.15, 0.2) is 0 Å². The molecule has 0 radical (unpaired) electrons. The molecule has 0 spiro atoms. The molecule has 6 nitrogen and oxygen atoms in total. The summed E-state index contributed by atoms with van der Waals surface area (Å²) in [5, 5.41) is 2.43. The second kappa shape index (κ2) is 5.69. The van der Waals surface area contributed by atoms with E-state index in [4.69, 9.17) is 10.5 Å². The lowest BCUT2D eigenvalue weighted by molar-refractivity contribution is -0.130. The van der Waals surface area contributed by atoms with Crippen LogP contribution in [0.25, 0.3) is 0 Å². The van der Waals surface area contributed by atoms with E-state index in [0.717, 1.165) is 0 Å². The lowest BCUT2D eigenvalue weighted by Gasteiger charge is -2.24. The number of hydrogen-bond donors (Lipinski definition) is 2. The Morgan fingerprint density at radius 3 is 2.19 bits per heavy atom. The highest BCUT2D eigenvalue weighted by Gasteiger charge is 2.23. The van der Waals surface area contributed by atoms with Crippen LogP contribution in [0.1, 0.15) is 20.8 Å². The molecule has 0 aliphatic heterocycles. The molecule has 0 aromatic rings. The minimum atomic E-state index is -0.746. The van der Waals surface area contributed by atoms with Crippen molar-refractivity contribution in [3.8, 4) is 0 Å². The van der Waals surface area contributed by atoms with E-state index in [0.29, 0.717) is 0 Å². The van der Waals surface area contributed by atoms with Crippen LogP contribution in [0, 0.1) is 0 Å². The number of likely N-dealkylation sites (N-methyl/N-ethyl adjacent to an activating group) is 1. The van der Waals surface area contributed by atoms with Gasteiger partial charge in [0, 0.05) is 20.6 Å². The van der Waals surface area contributed by atoms with Crippen LogP contribution in [0.2, 0.25) is 0 Å². The van der Waals surface area contributed by atoms with Gasteiger partial charge in [0.25, 0.3) is 0 Å². The molecule has 1 atom stereocenters. The molecule has 0 saturated carbocycles. The SMILES string of the molecule is CN(C)C(=O)[C@H](CN)NC(=O)OC(C)(C)C. The van der Waals surface area contributed by atoms with Gasteiger partial charge >= 0.3 is 6.09 Å². The van der Waals surface area contributed by atoms with E-state index < -0.39 is 17.7 Å². The molecule has 0 aliphatic rings. The van der Waals surface area contributed by atoms with E-state index in [1.54, 1.807) is 34.9 Å². The maximum Gasteiger partial charge on any atom is 0.408 e. The molecule has 94 valence electrons. The average Bonchev–Trinajstić information content (AvgIpc) is 2.09. The topological polar surface area (TPSA) is 84.7 Å². The van der Waals surface area contributed by atoms with E-state index in [-0.39, 0.29) is 12.5 Å². The summed E-state index contributed by atoms with van der Waals surface area (Å²) in [6.07, 6.45) is -0.641. The molecule has 0 rings (SSSR count). The third-order valence-corrected chi connectivity index (χ3v) is 1.67. The normalized spacial score (nSPS) is 12.9. The van der Waals surface area contributed by atoms with Gasteiger partial charge in [-0.05, 0) is 20.8 Å². The first kappa shape index (κ1) is 14.7. The minimum Gasteiger partial charge on any atom is -0.444 e. The summed E-state index contributed by atoms with van der Waals surface area (Å²) in [5.41, 5.74) is 4.81. The number of nitrogens with two attached hydrogens (primary N) is 1. The van der Waals surface area contributed by atoms with Crippen molar-refractivity contribution < 1.29 is 14.3 Å². The van der Waals surface area contributed by atoms with E-state index in [2.05, 4.69) is 5.32 Å². The van der Waals surface area contributed by atoms with Crippen LogP contribution >= 0.6 is 0 Å². The fourth-order valence-electron chi connectivity index (χ4n) is 0.983. The fourth-order valence-corrected chi connectivity index (χ4v) is 0.983. The largest absolute Gasteiger partial charge is 0.444 e. The number of ether oxygens (including phenoxy) is 1. The maximum absolute atomic E-state index is 11.6. The van der Waals surface area contributed by atoms with Gasteiger partial charge in [0.05, 0.1) is 0 Å². The van der Waals surface area contributed by atoms with Gasteiger partial charge < -0.3 is 20.7 Å². The van der Waals surface area contributed by atoms with Crippen LogP contribution in [-0.2, 0) is 9.53 Å². The zero-order valence-electron chi connectivity index (χ0n) is 10.5. The Bertz CT molecular complexity index is 259. The molecule has 16 heavy (non-hydrogen) atoms. The molecule has 0 aromatic heterocycles. The summed E-state index contributed by atoms with van der Waals surface area (Å²) >= 11 is 0. The monoisotopic (exact) mass is 231 g/mol. The van der Waals surface area contributed by atoms with E-state index in [1.807, 2.05) is 0 Å². The van der Waals surface area contributed by atoms with Crippen LogP contribution in [0.3, 0.4) is 0 Å². The van der Waals surface area contributed by atoms with Gasteiger partial charge in [-0.1, -0.05) is 0 Å². The van der Waals surface area contributed by atoms with Gasteiger partial charge in [-0.2, -0.15) is 0 Å². The first-order valence-corrected chi connectivity index (χ1v) is 5.08. The van der Waals surface area contributed by atoms with Crippen molar-refractivity contribution in [3.63, 3.8) is 0 Å². The Balaban J connectivity index is 4.34. The number of rotatable bonds is 3. The summed E-state index contributed by atoms with van der Waals surface area (Å²) in [6, 6.07) is -0.746. The molecule has 0 saturated heterocycles. The molecule has 3 N–H and O–H groups in total. The Labute approximate surface area is 96.1 Å². The van der Waals surface area contributed by atoms with Crippen LogP contribution in [0.15, 0.2) is 0 Å². The lowest BCUT2D eigenvalue weighted by Crippen LogP contribution is -2.51. The number of carbonyl (C=O) groups excluding carboxylic acids is 2. The second-order valence-corrected chi connectivity index (χ2v) is 4.67. The van der Waals surface area contributed by atoms with Crippen molar-refractivity contribution in [2.24, 2.45) is 5.73 Å². The first-order chi connectivity index (χ1) is 7.17. The van der Waals surface area contributed by atoms with Crippen LogP contribution in [0.5, 0.6) is 0 Å². The number of amides is 2. The average molecular weight is 231 g/mol. The zero-order valence-corrected chi connectivity index (χ0v) is 10.5. The van der Waals surface area contributed by atoms with E-state index in [9.17, 15) is 9.59 Å². The maximum atomic E-state index is 11.6. The van der Waals surface area contributed by atoms with Crippen molar-refractivity contribution in [1.29, 1.82) is 0 Å². The van der Waals surface area contributed by atoms with E-state index >= 15 is 0 Å². The Hall–Kier alpha value is -1.30. The van der Waals surface area contributed by atoms with Crippen LogP contribution in [-0.4, -0.2) is 49.2 Å². The quantitative estimate of drug-likeness (QED) is 0.712. The van der Waals surface area contributed by atoms with Gasteiger partial charge in [-0.3, -0.25) is 4.79 Å². The predicted molar refractivity (Wildman–Crippen MR) is 60.9 cm³/mol. The molecule has 0 fully saturated rings. The highest BCUT2D eigenvalue weighted by atomic mass is 16.6. The van der Waals surface area contributed by atoms with Gasteiger partial charge in [0.1, 0.15) is 11.6 Å². The van der Waals surface area contributed by atoms with Crippen LogP contribution < -0.4 is 11.1 Å². The Morgan fingerprint density at radius 2 is 1.88 bits per heavy atom. The summed E-state index contributed by atoms with van der Waals surface area (Å²) < 4.78 is 5.02. The summed E-state index contributed by atoms with van der Waals surface area (Å²) in [7, 11) is 3.20. The number of nitrogens with zero attached hydrogens (tertiary/aromatic N) is 1. The van der Waals surface area contributed by atoms with Crippen molar-refractivity contribution in [2.75, 3.05) is 20.6 Å². The summed E-state index contributed by atoms with van der Waals surface area (Å²) in [6.45, 7) is 5.28. The molecule has 0 aliphatic carbocycles. The highest BCUT2D eigenvalue weighted by Crippen LogP contribution is 2.06. The molecule has 0 unspecified atom stereocenters. The summed E-state index contributed by atoms with van der Waals surface area (Å²) in [5.74, 6) is -0.256. The molecule has 6 heteroatoms. The van der Waals surface area contributed by atoms with Gasteiger partial charge in [0.2, 0.25) is 5.91 Å². The number of nitrogens with one attached hydrogen (secondary N) is 1. The number of carbonyl (C=O) groups is 2. The van der Waals surface area contributed by atoms with Crippen LogP contribution in [0.4, 0.5) is 4.79 Å².